The minimum absolute atomic E-state index is 0.0459. The van der Waals surface area contributed by atoms with Gasteiger partial charge in [-0.1, -0.05) is 18.2 Å². The summed E-state index contributed by atoms with van der Waals surface area (Å²) in [6.45, 7) is 2.76. The minimum Gasteiger partial charge on any atom is -0.493 e. The third-order valence-electron chi connectivity index (χ3n) is 4.58. The van der Waals surface area contributed by atoms with Crippen LogP contribution in [0.15, 0.2) is 42.5 Å². The molecule has 1 atom stereocenters. The Bertz CT molecular complexity index is 760. The van der Waals surface area contributed by atoms with Gasteiger partial charge >= 0.3 is 6.03 Å². The van der Waals surface area contributed by atoms with E-state index in [2.05, 4.69) is 5.32 Å². The molecule has 5 heteroatoms. The Balaban J connectivity index is 1.79. The van der Waals surface area contributed by atoms with Gasteiger partial charge in [0.2, 0.25) is 0 Å². The number of carbonyl (C=O) groups is 1. The molecular formula is C20H24N2O3. The summed E-state index contributed by atoms with van der Waals surface area (Å²) < 4.78 is 10.7. The number of nitrogens with zero attached hydrogens (tertiary/aromatic N) is 1. The van der Waals surface area contributed by atoms with Gasteiger partial charge in [-0.25, -0.2) is 4.79 Å². The standard InChI is InChI=1S/C20H24N2O3/c1-14-6-4-7-16(12-14)21-20(23)22-11-5-8-17(22)15-9-10-18(24-2)19(13-15)25-3/h4,6-7,9-10,12-13,17H,5,8,11H2,1-3H3,(H,21,23). The average Bonchev–Trinajstić information content (AvgIpc) is 3.11. The van der Waals surface area contributed by atoms with Crippen LogP contribution in [0.25, 0.3) is 0 Å². The van der Waals surface area contributed by atoms with Crippen molar-refractivity contribution >= 4 is 11.7 Å². The van der Waals surface area contributed by atoms with Crippen LogP contribution in [-0.4, -0.2) is 31.7 Å². The Hall–Kier alpha value is -2.69. The molecule has 1 N–H and O–H groups in total. The molecule has 25 heavy (non-hydrogen) atoms. The van der Waals surface area contributed by atoms with Crippen LogP contribution in [0, 0.1) is 6.92 Å². The summed E-state index contributed by atoms with van der Waals surface area (Å²) in [6, 6.07) is 13.7. The maximum absolute atomic E-state index is 12.7. The second kappa shape index (κ2) is 7.47. The fourth-order valence-corrected chi connectivity index (χ4v) is 3.33. The number of hydrogen-bond acceptors (Lipinski definition) is 3. The number of amides is 2. The Morgan fingerprint density at radius 2 is 1.92 bits per heavy atom. The molecular weight excluding hydrogens is 316 g/mol. The molecule has 5 nitrogen and oxygen atoms in total. The minimum atomic E-state index is -0.0668. The van der Waals surface area contributed by atoms with Crippen LogP contribution in [0.4, 0.5) is 10.5 Å². The van der Waals surface area contributed by atoms with E-state index in [1.165, 1.54) is 0 Å². The van der Waals surface area contributed by atoms with Gasteiger partial charge in [0.1, 0.15) is 0 Å². The summed E-state index contributed by atoms with van der Waals surface area (Å²) in [5.41, 5.74) is 3.01. The van der Waals surface area contributed by atoms with Crippen LogP contribution in [0.5, 0.6) is 11.5 Å². The lowest BCUT2D eigenvalue weighted by Crippen LogP contribution is -2.34. The zero-order valence-corrected chi connectivity index (χ0v) is 14.9. The van der Waals surface area contributed by atoms with Crippen LogP contribution in [0.3, 0.4) is 0 Å². The predicted molar refractivity (Wildman–Crippen MR) is 98.4 cm³/mol. The number of rotatable bonds is 4. The van der Waals surface area contributed by atoms with Gasteiger partial charge in [-0.05, 0) is 55.2 Å². The first-order chi connectivity index (χ1) is 12.1. The van der Waals surface area contributed by atoms with Crippen molar-refractivity contribution in [3.63, 3.8) is 0 Å². The molecule has 1 fully saturated rings. The van der Waals surface area contributed by atoms with Crippen LogP contribution < -0.4 is 14.8 Å². The van der Waals surface area contributed by atoms with Crippen LogP contribution in [-0.2, 0) is 0 Å². The van der Waals surface area contributed by atoms with Crippen molar-refractivity contribution in [1.29, 1.82) is 0 Å². The molecule has 0 aromatic heterocycles. The van der Waals surface area contributed by atoms with Crippen LogP contribution >= 0.6 is 0 Å². The number of anilines is 1. The van der Waals surface area contributed by atoms with Gasteiger partial charge in [0.15, 0.2) is 11.5 Å². The zero-order chi connectivity index (χ0) is 17.8. The molecule has 2 aromatic carbocycles. The molecule has 0 saturated carbocycles. The van der Waals surface area contributed by atoms with Crippen molar-refractivity contribution in [2.24, 2.45) is 0 Å². The molecule has 1 saturated heterocycles. The van der Waals surface area contributed by atoms with E-state index in [0.717, 1.165) is 36.2 Å². The topological polar surface area (TPSA) is 50.8 Å². The van der Waals surface area contributed by atoms with E-state index in [0.29, 0.717) is 11.5 Å². The number of aryl methyl sites for hydroxylation is 1. The normalized spacial score (nSPS) is 16.6. The van der Waals surface area contributed by atoms with Crippen LogP contribution in [0.1, 0.15) is 30.0 Å². The average molecular weight is 340 g/mol. The first kappa shape index (κ1) is 17.1. The highest BCUT2D eigenvalue weighted by Gasteiger charge is 2.30. The van der Waals surface area contributed by atoms with Crippen molar-refractivity contribution in [3.8, 4) is 11.5 Å². The molecule has 2 aromatic rings. The molecule has 0 spiro atoms. The maximum Gasteiger partial charge on any atom is 0.322 e. The number of hydrogen-bond donors (Lipinski definition) is 1. The SMILES string of the molecule is COc1ccc(C2CCCN2C(=O)Nc2cccc(C)c2)cc1OC. The lowest BCUT2D eigenvalue weighted by molar-refractivity contribution is 0.207. The number of urea groups is 1. The van der Waals surface area contributed by atoms with Crippen molar-refractivity contribution in [2.45, 2.75) is 25.8 Å². The van der Waals surface area contributed by atoms with Crippen molar-refractivity contribution < 1.29 is 14.3 Å². The Morgan fingerprint density at radius 1 is 1.12 bits per heavy atom. The summed E-state index contributed by atoms with van der Waals surface area (Å²) in [7, 11) is 3.24. The molecule has 0 bridgehead atoms. The van der Waals surface area contributed by atoms with Gasteiger partial charge in [0, 0.05) is 12.2 Å². The third-order valence-corrected chi connectivity index (χ3v) is 4.58. The highest BCUT2D eigenvalue weighted by atomic mass is 16.5. The molecule has 1 aliphatic heterocycles. The fourth-order valence-electron chi connectivity index (χ4n) is 3.33. The van der Waals surface area contributed by atoms with Crippen molar-refractivity contribution in [1.82, 2.24) is 4.90 Å². The van der Waals surface area contributed by atoms with Gasteiger partial charge in [0.25, 0.3) is 0 Å². The second-order valence-electron chi connectivity index (χ2n) is 6.27. The van der Waals surface area contributed by atoms with Crippen molar-refractivity contribution in [2.75, 3.05) is 26.1 Å². The van der Waals surface area contributed by atoms with Gasteiger partial charge in [-0.2, -0.15) is 0 Å². The molecule has 1 aliphatic rings. The maximum atomic E-state index is 12.7. The molecule has 1 heterocycles. The summed E-state index contributed by atoms with van der Waals surface area (Å²) in [4.78, 5) is 14.6. The van der Waals surface area contributed by atoms with E-state index in [1.54, 1.807) is 14.2 Å². The fraction of sp³-hybridized carbons (Fsp3) is 0.350. The van der Waals surface area contributed by atoms with E-state index in [9.17, 15) is 4.79 Å². The summed E-state index contributed by atoms with van der Waals surface area (Å²) in [5.74, 6) is 1.38. The molecule has 132 valence electrons. The first-order valence-electron chi connectivity index (χ1n) is 8.48. The van der Waals surface area contributed by atoms with Gasteiger partial charge in [0.05, 0.1) is 20.3 Å². The summed E-state index contributed by atoms with van der Waals surface area (Å²) >= 11 is 0. The van der Waals surface area contributed by atoms with E-state index in [1.807, 2.05) is 54.3 Å². The predicted octanol–water partition coefficient (Wildman–Crippen LogP) is 4.38. The van der Waals surface area contributed by atoms with E-state index in [4.69, 9.17) is 9.47 Å². The molecule has 2 amide bonds. The summed E-state index contributed by atoms with van der Waals surface area (Å²) in [6.07, 6.45) is 1.93. The third kappa shape index (κ3) is 3.71. The molecule has 0 radical (unpaired) electrons. The Labute approximate surface area is 148 Å². The van der Waals surface area contributed by atoms with E-state index >= 15 is 0 Å². The van der Waals surface area contributed by atoms with Gasteiger partial charge in [-0.15, -0.1) is 0 Å². The number of carbonyl (C=O) groups excluding carboxylic acids is 1. The first-order valence-corrected chi connectivity index (χ1v) is 8.48. The number of nitrogens with one attached hydrogen (secondary N) is 1. The van der Waals surface area contributed by atoms with Crippen molar-refractivity contribution in [3.05, 3.63) is 53.6 Å². The number of benzene rings is 2. The summed E-state index contributed by atoms with van der Waals surface area (Å²) in [5, 5.41) is 3.01. The zero-order valence-electron chi connectivity index (χ0n) is 14.9. The van der Waals surface area contributed by atoms with E-state index in [-0.39, 0.29) is 12.1 Å². The smallest absolute Gasteiger partial charge is 0.322 e. The highest BCUT2D eigenvalue weighted by molar-refractivity contribution is 5.89. The van der Waals surface area contributed by atoms with Gasteiger partial charge < -0.3 is 19.7 Å². The second-order valence-corrected chi connectivity index (χ2v) is 6.27. The molecule has 1 unspecified atom stereocenters. The number of methoxy groups -OCH3 is 2. The molecule has 0 aliphatic carbocycles. The number of likely N-dealkylation sites (tertiary alicyclic amines) is 1. The highest BCUT2D eigenvalue weighted by Crippen LogP contribution is 2.37. The quantitative estimate of drug-likeness (QED) is 0.898. The number of ether oxygens (including phenoxy) is 2. The van der Waals surface area contributed by atoms with E-state index < -0.39 is 0 Å². The largest absolute Gasteiger partial charge is 0.493 e. The molecule has 3 rings (SSSR count). The lowest BCUT2D eigenvalue weighted by atomic mass is 10.0. The Morgan fingerprint density at radius 3 is 2.64 bits per heavy atom. The lowest BCUT2D eigenvalue weighted by Gasteiger charge is -2.26. The monoisotopic (exact) mass is 340 g/mol. The Kier molecular flexibility index (Phi) is 5.12. The van der Waals surface area contributed by atoms with Gasteiger partial charge in [-0.3, -0.25) is 0 Å². The van der Waals surface area contributed by atoms with Crippen LogP contribution in [0.2, 0.25) is 0 Å².